The molecule has 0 spiro atoms. The van der Waals surface area contributed by atoms with E-state index >= 15 is 0 Å². The van der Waals surface area contributed by atoms with Gasteiger partial charge in [-0.3, -0.25) is 9.89 Å². The van der Waals surface area contributed by atoms with Crippen molar-refractivity contribution in [3.8, 4) is 0 Å². The van der Waals surface area contributed by atoms with Crippen molar-refractivity contribution in [1.29, 1.82) is 0 Å². The van der Waals surface area contributed by atoms with Gasteiger partial charge in [-0.15, -0.1) is 0 Å². The van der Waals surface area contributed by atoms with Gasteiger partial charge in [-0.2, -0.15) is 0 Å². The van der Waals surface area contributed by atoms with E-state index in [4.69, 9.17) is 4.99 Å². The van der Waals surface area contributed by atoms with Crippen molar-refractivity contribution >= 4 is 5.96 Å². The molecule has 1 saturated heterocycles. The summed E-state index contributed by atoms with van der Waals surface area (Å²) in [5.74, 6) is 0.935. The van der Waals surface area contributed by atoms with E-state index in [-0.39, 0.29) is 0 Å². The normalized spacial score (nSPS) is 22.6. The molecule has 3 rings (SSSR count). The van der Waals surface area contributed by atoms with E-state index in [2.05, 4.69) is 34.2 Å². The summed E-state index contributed by atoms with van der Waals surface area (Å²) >= 11 is 0. The largest absolute Gasteiger partial charge is 0.391 e. The quantitative estimate of drug-likeness (QED) is 0.467. The molecule has 136 valence electrons. The minimum absolute atomic E-state index is 0.434. The van der Waals surface area contributed by atoms with Gasteiger partial charge in [-0.25, -0.2) is 0 Å². The van der Waals surface area contributed by atoms with Crippen LogP contribution in [0.1, 0.15) is 18.9 Å². The number of likely N-dealkylation sites (tertiary alicyclic amines) is 1. The molecule has 0 aromatic heterocycles. The maximum absolute atomic E-state index is 10.3. The first-order valence-electron chi connectivity index (χ1n) is 9.40. The summed E-state index contributed by atoms with van der Waals surface area (Å²) in [6.45, 7) is 7.56. The molecular formula is C20H30N4O. The third-order valence-electron chi connectivity index (χ3n) is 4.93. The topological polar surface area (TPSA) is 51.1 Å². The van der Waals surface area contributed by atoms with E-state index in [0.717, 1.165) is 44.2 Å². The van der Waals surface area contributed by atoms with E-state index in [9.17, 15) is 5.11 Å². The van der Waals surface area contributed by atoms with Gasteiger partial charge in [0.05, 0.1) is 12.6 Å². The maximum atomic E-state index is 10.3. The van der Waals surface area contributed by atoms with Crippen molar-refractivity contribution in [3.05, 3.63) is 48.0 Å². The Morgan fingerprint density at radius 1 is 1.28 bits per heavy atom. The first-order chi connectivity index (χ1) is 12.3. The van der Waals surface area contributed by atoms with Gasteiger partial charge in [-0.05, 0) is 18.9 Å². The molecule has 2 aliphatic rings. The zero-order chi connectivity index (χ0) is 17.5. The molecule has 0 amide bonds. The smallest absolute Gasteiger partial charge is 0.194 e. The molecule has 1 fully saturated rings. The highest BCUT2D eigenvalue weighted by atomic mass is 16.3. The minimum Gasteiger partial charge on any atom is -0.391 e. The number of aliphatic hydroxyl groups excluding tert-OH is 1. The Hall–Kier alpha value is -1.85. The van der Waals surface area contributed by atoms with Gasteiger partial charge in [0.25, 0.3) is 0 Å². The number of aliphatic imine (C=N–C) groups is 1. The van der Waals surface area contributed by atoms with E-state index < -0.39 is 6.10 Å². The van der Waals surface area contributed by atoms with Gasteiger partial charge in [0.2, 0.25) is 0 Å². The zero-order valence-electron chi connectivity index (χ0n) is 15.1. The fourth-order valence-electron chi connectivity index (χ4n) is 3.59. The molecule has 2 atom stereocenters. The lowest BCUT2D eigenvalue weighted by Crippen LogP contribution is -2.43. The van der Waals surface area contributed by atoms with Crippen LogP contribution in [0.25, 0.3) is 0 Å². The molecular weight excluding hydrogens is 312 g/mol. The van der Waals surface area contributed by atoms with Crippen molar-refractivity contribution in [2.75, 3.05) is 39.3 Å². The molecule has 2 heterocycles. The second kappa shape index (κ2) is 9.02. The van der Waals surface area contributed by atoms with Crippen LogP contribution in [0.2, 0.25) is 0 Å². The zero-order valence-corrected chi connectivity index (χ0v) is 15.1. The van der Waals surface area contributed by atoms with Crippen LogP contribution in [0.3, 0.4) is 0 Å². The minimum atomic E-state index is -0.447. The van der Waals surface area contributed by atoms with Crippen molar-refractivity contribution in [1.82, 2.24) is 15.1 Å². The van der Waals surface area contributed by atoms with E-state index in [1.54, 1.807) is 0 Å². The Bertz CT molecular complexity index is 579. The monoisotopic (exact) mass is 342 g/mol. The molecule has 0 saturated carbocycles. The summed E-state index contributed by atoms with van der Waals surface area (Å²) in [4.78, 5) is 9.56. The maximum Gasteiger partial charge on any atom is 0.194 e. The number of rotatable bonds is 6. The molecule has 2 unspecified atom stereocenters. The molecule has 5 heteroatoms. The van der Waals surface area contributed by atoms with E-state index in [1.165, 1.54) is 6.42 Å². The second-order valence-corrected chi connectivity index (χ2v) is 6.85. The number of nitrogens with one attached hydrogen (secondary N) is 1. The van der Waals surface area contributed by atoms with Gasteiger partial charge >= 0.3 is 0 Å². The third kappa shape index (κ3) is 5.06. The van der Waals surface area contributed by atoms with Gasteiger partial charge in [0.1, 0.15) is 0 Å². The Balaban J connectivity index is 1.54. The molecule has 25 heavy (non-hydrogen) atoms. The summed E-state index contributed by atoms with van der Waals surface area (Å²) in [6.07, 6.45) is 5.88. The number of benzene rings is 1. The highest BCUT2D eigenvalue weighted by Crippen LogP contribution is 2.18. The lowest BCUT2D eigenvalue weighted by atomic mass is 10.1. The third-order valence-corrected chi connectivity index (χ3v) is 4.93. The van der Waals surface area contributed by atoms with Gasteiger partial charge in [0.15, 0.2) is 5.96 Å². The Kier molecular flexibility index (Phi) is 6.48. The van der Waals surface area contributed by atoms with E-state index in [0.29, 0.717) is 19.0 Å². The van der Waals surface area contributed by atoms with Crippen molar-refractivity contribution < 1.29 is 5.11 Å². The Morgan fingerprint density at radius 2 is 2.04 bits per heavy atom. The molecule has 0 bridgehead atoms. The Morgan fingerprint density at radius 3 is 2.76 bits per heavy atom. The Labute approximate surface area is 151 Å². The summed E-state index contributed by atoms with van der Waals surface area (Å²) in [5.41, 5.74) is 1.15. The number of aliphatic hydroxyl groups is 1. The predicted octanol–water partition coefficient (Wildman–Crippen LogP) is 1.50. The SMILES string of the molecule is CCNC(=NCC(O)Cc1ccccc1)N1CCC(N2CC=CC2)C1. The van der Waals surface area contributed by atoms with Crippen molar-refractivity contribution in [2.24, 2.45) is 4.99 Å². The second-order valence-electron chi connectivity index (χ2n) is 6.85. The lowest BCUT2D eigenvalue weighted by Gasteiger charge is -2.25. The molecule has 1 aromatic rings. The lowest BCUT2D eigenvalue weighted by molar-refractivity contribution is 0.183. The molecule has 1 aromatic carbocycles. The van der Waals surface area contributed by atoms with E-state index in [1.807, 2.05) is 30.3 Å². The average Bonchev–Trinajstić information content (AvgIpc) is 3.30. The molecule has 2 aliphatic heterocycles. The fourth-order valence-corrected chi connectivity index (χ4v) is 3.59. The molecule has 5 nitrogen and oxygen atoms in total. The van der Waals surface area contributed by atoms with Crippen LogP contribution in [0.4, 0.5) is 0 Å². The van der Waals surface area contributed by atoms with Crippen LogP contribution in [-0.4, -0.2) is 72.3 Å². The van der Waals surface area contributed by atoms with Crippen LogP contribution >= 0.6 is 0 Å². The van der Waals surface area contributed by atoms with Gasteiger partial charge < -0.3 is 15.3 Å². The van der Waals surface area contributed by atoms with Crippen LogP contribution in [0.15, 0.2) is 47.5 Å². The first-order valence-corrected chi connectivity index (χ1v) is 9.40. The van der Waals surface area contributed by atoms with Crippen molar-refractivity contribution in [3.63, 3.8) is 0 Å². The van der Waals surface area contributed by atoms with Crippen LogP contribution in [0, 0.1) is 0 Å². The van der Waals surface area contributed by atoms with Crippen molar-refractivity contribution in [2.45, 2.75) is 31.9 Å². The van der Waals surface area contributed by atoms with Gasteiger partial charge in [-0.1, -0.05) is 42.5 Å². The summed E-state index contributed by atoms with van der Waals surface area (Å²) in [7, 11) is 0. The van der Waals surface area contributed by atoms with Crippen LogP contribution in [-0.2, 0) is 6.42 Å². The van der Waals surface area contributed by atoms with Crippen LogP contribution in [0.5, 0.6) is 0 Å². The molecule has 0 aliphatic carbocycles. The first kappa shape index (κ1) is 18.0. The predicted molar refractivity (Wildman–Crippen MR) is 103 cm³/mol. The van der Waals surface area contributed by atoms with Gasteiger partial charge in [0, 0.05) is 45.2 Å². The fraction of sp³-hybridized carbons (Fsp3) is 0.550. The van der Waals surface area contributed by atoms with Crippen LogP contribution < -0.4 is 5.32 Å². The highest BCUT2D eigenvalue weighted by molar-refractivity contribution is 5.80. The highest BCUT2D eigenvalue weighted by Gasteiger charge is 2.29. The number of nitrogens with zero attached hydrogens (tertiary/aromatic N) is 3. The number of hydrogen-bond acceptors (Lipinski definition) is 3. The average molecular weight is 342 g/mol. The summed E-state index contributed by atoms with van der Waals surface area (Å²) in [5, 5.41) is 13.7. The molecule has 2 N–H and O–H groups in total. The number of hydrogen-bond donors (Lipinski definition) is 2. The molecule has 0 radical (unpaired) electrons. The standard InChI is InChI=1S/C20H30N4O/c1-2-21-20(22-15-19(25)14-17-8-4-3-5-9-17)24-13-10-18(16-24)23-11-6-7-12-23/h3-9,18-19,25H,2,10-16H2,1H3,(H,21,22). The summed E-state index contributed by atoms with van der Waals surface area (Å²) < 4.78 is 0. The number of guanidine groups is 1. The summed E-state index contributed by atoms with van der Waals surface area (Å²) in [6, 6.07) is 10.7.